The molecule has 4 aromatic rings. The third-order valence-electron chi connectivity index (χ3n) is 5.32. The topological polar surface area (TPSA) is 75.0 Å². The molecule has 7 heteroatoms. The van der Waals surface area contributed by atoms with Crippen LogP contribution in [0.15, 0.2) is 90.0 Å². The van der Waals surface area contributed by atoms with E-state index in [9.17, 15) is 10.1 Å². The highest BCUT2D eigenvalue weighted by Crippen LogP contribution is 2.36. The van der Waals surface area contributed by atoms with Gasteiger partial charge < -0.3 is 10.1 Å². The number of nitrogens with one attached hydrogen (secondary N) is 1. The Kier molecular flexibility index (Phi) is 7.71. The number of rotatable bonds is 7. The minimum Gasteiger partial charge on any atom is -0.497 e. The number of carbonyl (C=O) groups is 1. The van der Waals surface area contributed by atoms with Gasteiger partial charge in [0.05, 0.1) is 23.6 Å². The van der Waals surface area contributed by atoms with Crippen LogP contribution in [0.1, 0.15) is 12.5 Å². The molecule has 174 valence electrons. The maximum absolute atomic E-state index is 12.9. The molecule has 0 saturated carbocycles. The summed E-state index contributed by atoms with van der Waals surface area (Å²) in [7, 11) is 1.62. The van der Waals surface area contributed by atoms with Gasteiger partial charge in [0.1, 0.15) is 16.8 Å². The van der Waals surface area contributed by atoms with Crippen LogP contribution in [0, 0.1) is 11.3 Å². The van der Waals surface area contributed by atoms with Crippen molar-refractivity contribution in [1.29, 1.82) is 5.26 Å². The second-order valence-corrected chi connectivity index (χ2v) is 9.47. The van der Waals surface area contributed by atoms with E-state index in [2.05, 4.69) is 11.4 Å². The molecule has 0 aliphatic carbocycles. The molecule has 0 aliphatic rings. The number of amides is 1. The van der Waals surface area contributed by atoms with Crippen LogP contribution in [0.25, 0.3) is 22.4 Å². The van der Waals surface area contributed by atoms with Crippen LogP contribution in [0.5, 0.6) is 5.75 Å². The number of ether oxygens (including phenoxy) is 1. The number of pyridine rings is 1. The van der Waals surface area contributed by atoms with Crippen molar-refractivity contribution in [2.45, 2.75) is 17.2 Å². The van der Waals surface area contributed by atoms with E-state index < -0.39 is 5.25 Å². The van der Waals surface area contributed by atoms with Crippen molar-refractivity contribution in [2.75, 3.05) is 12.4 Å². The lowest BCUT2D eigenvalue weighted by Crippen LogP contribution is -2.22. The molecule has 0 saturated heterocycles. The molecule has 1 amide bonds. The van der Waals surface area contributed by atoms with Crippen molar-refractivity contribution < 1.29 is 9.53 Å². The molecule has 3 aromatic carbocycles. The minimum absolute atomic E-state index is 0.209. The largest absolute Gasteiger partial charge is 0.497 e. The Morgan fingerprint density at radius 3 is 2.43 bits per heavy atom. The lowest BCUT2D eigenvalue weighted by molar-refractivity contribution is -0.115. The van der Waals surface area contributed by atoms with E-state index in [1.807, 2.05) is 60.7 Å². The lowest BCUT2D eigenvalue weighted by atomic mass is 9.99. The molecule has 4 rings (SSSR count). The number of benzene rings is 3. The minimum atomic E-state index is -0.511. The molecule has 0 spiro atoms. The molecule has 1 N–H and O–H groups in total. The van der Waals surface area contributed by atoms with Crippen molar-refractivity contribution in [3.05, 3.63) is 95.5 Å². The van der Waals surface area contributed by atoms with Gasteiger partial charge in [-0.1, -0.05) is 59.8 Å². The summed E-state index contributed by atoms with van der Waals surface area (Å²) in [6, 6.07) is 28.5. The summed E-state index contributed by atoms with van der Waals surface area (Å²) >= 11 is 7.29. The van der Waals surface area contributed by atoms with E-state index in [-0.39, 0.29) is 5.91 Å². The van der Waals surface area contributed by atoms with Gasteiger partial charge in [0.25, 0.3) is 0 Å². The Hall–Kier alpha value is -3.79. The van der Waals surface area contributed by atoms with E-state index in [4.69, 9.17) is 21.3 Å². The first-order valence-electron chi connectivity index (χ1n) is 10.9. The zero-order valence-electron chi connectivity index (χ0n) is 19.2. The zero-order valence-corrected chi connectivity index (χ0v) is 20.7. The normalized spacial score (nSPS) is 11.4. The number of anilines is 1. The smallest absolute Gasteiger partial charge is 0.237 e. The Bertz CT molecular complexity index is 1390. The molecule has 1 atom stereocenters. The average Bonchev–Trinajstić information content (AvgIpc) is 2.88. The van der Waals surface area contributed by atoms with Gasteiger partial charge >= 0.3 is 0 Å². The van der Waals surface area contributed by atoms with Crippen LogP contribution < -0.4 is 10.1 Å². The third kappa shape index (κ3) is 5.83. The van der Waals surface area contributed by atoms with Crippen molar-refractivity contribution in [3.8, 4) is 34.2 Å². The van der Waals surface area contributed by atoms with Crippen LogP contribution in [0.2, 0.25) is 5.02 Å². The summed E-state index contributed by atoms with van der Waals surface area (Å²) in [5, 5.41) is 13.5. The average molecular weight is 500 g/mol. The Labute approximate surface area is 213 Å². The summed E-state index contributed by atoms with van der Waals surface area (Å²) in [6.45, 7) is 1.79. The Morgan fingerprint density at radius 1 is 1.03 bits per heavy atom. The Morgan fingerprint density at radius 2 is 1.77 bits per heavy atom. The molecule has 1 heterocycles. The van der Waals surface area contributed by atoms with Crippen LogP contribution in [-0.2, 0) is 4.79 Å². The van der Waals surface area contributed by atoms with Gasteiger partial charge in [-0.15, -0.1) is 0 Å². The predicted octanol–water partition coefficient (Wildman–Crippen LogP) is 7.07. The summed E-state index contributed by atoms with van der Waals surface area (Å²) in [6.07, 6.45) is 0. The first-order chi connectivity index (χ1) is 17.0. The van der Waals surface area contributed by atoms with Crippen molar-refractivity contribution in [2.24, 2.45) is 0 Å². The number of carbonyl (C=O) groups excluding carboxylic acids is 1. The van der Waals surface area contributed by atoms with Crippen molar-refractivity contribution >= 4 is 35.0 Å². The molecule has 0 radical (unpaired) electrons. The molecule has 0 fully saturated rings. The van der Waals surface area contributed by atoms with Crippen LogP contribution in [0.4, 0.5) is 5.69 Å². The van der Waals surface area contributed by atoms with Gasteiger partial charge in [0.2, 0.25) is 5.91 Å². The van der Waals surface area contributed by atoms with Crippen LogP contribution in [-0.4, -0.2) is 23.3 Å². The molecule has 0 bridgehead atoms. The van der Waals surface area contributed by atoms with Gasteiger partial charge in [-0.2, -0.15) is 5.26 Å². The number of halogens is 1. The number of nitrogens with zero attached hydrogens (tertiary/aromatic N) is 2. The second-order valence-electron chi connectivity index (χ2n) is 7.70. The lowest BCUT2D eigenvalue weighted by Gasteiger charge is -2.16. The van der Waals surface area contributed by atoms with Gasteiger partial charge in [0, 0.05) is 21.8 Å². The van der Waals surface area contributed by atoms with E-state index >= 15 is 0 Å². The molecule has 35 heavy (non-hydrogen) atoms. The highest BCUT2D eigenvalue weighted by molar-refractivity contribution is 8.00. The Balaban J connectivity index is 1.72. The second kappa shape index (κ2) is 11.1. The van der Waals surface area contributed by atoms with Crippen molar-refractivity contribution in [1.82, 2.24) is 4.98 Å². The summed E-state index contributed by atoms with van der Waals surface area (Å²) in [4.78, 5) is 17.7. The third-order valence-corrected chi connectivity index (χ3v) is 6.64. The van der Waals surface area contributed by atoms with E-state index in [1.165, 1.54) is 11.8 Å². The van der Waals surface area contributed by atoms with Crippen LogP contribution >= 0.6 is 23.4 Å². The molecular formula is C28H22ClN3O2S. The number of aromatic nitrogens is 1. The van der Waals surface area contributed by atoms with E-state index in [1.54, 1.807) is 38.3 Å². The molecule has 0 aliphatic heterocycles. The van der Waals surface area contributed by atoms with E-state index in [0.717, 1.165) is 22.4 Å². The maximum atomic E-state index is 12.9. The number of thioether (sulfide) groups is 1. The number of methoxy groups -OCH3 is 1. The number of hydrogen-bond donors (Lipinski definition) is 1. The molecular weight excluding hydrogens is 478 g/mol. The maximum Gasteiger partial charge on any atom is 0.237 e. The van der Waals surface area contributed by atoms with Crippen LogP contribution in [0.3, 0.4) is 0 Å². The summed E-state index contributed by atoms with van der Waals surface area (Å²) in [5.74, 6) is 0.533. The fourth-order valence-electron chi connectivity index (χ4n) is 3.50. The van der Waals surface area contributed by atoms with E-state index in [0.29, 0.717) is 27.0 Å². The quantitative estimate of drug-likeness (QED) is 0.275. The fourth-order valence-corrected chi connectivity index (χ4v) is 4.62. The first kappa shape index (κ1) is 24.3. The number of hydrogen-bond acceptors (Lipinski definition) is 5. The zero-order chi connectivity index (χ0) is 24.8. The summed E-state index contributed by atoms with van der Waals surface area (Å²) < 4.78 is 5.27. The number of nitriles is 1. The van der Waals surface area contributed by atoms with Crippen molar-refractivity contribution in [3.63, 3.8) is 0 Å². The summed E-state index contributed by atoms with van der Waals surface area (Å²) in [5.41, 5.74) is 4.29. The van der Waals surface area contributed by atoms with Gasteiger partial charge in [0.15, 0.2) is 0 Å². The predicted molar refractivity (Wildman–Crippen MR) is 142 cm³/mol. The first-order valence-corrected chi connectivity index (χ1v) is 12.1. The SMILES string of the molecule is COc1ccc(-c2cc(-c3ccccc3)c(C#N)c(S[C@@H](C)C(=O)Nc3cccc(Cl)c3)n2)cc1. The molecule has 0 unspecified atom stereocenters. The van der Waals surface area contributed by atoms with Gasteiger partial charge in [-0.25, -0.2) is 4.98 Å². The van der Waals surface area contributed by atoms with Gasteiger partial charge in [-0.3, -0.25) is 4.79 Å². The van der Waals surface area contributed by atoms with Gasteiger partial charge in [-0.05, 0) is 61.0 Å². The monoisotopic (exact) mass is 499 g/mol. The standard InChI is InChI=1S/C28H22ClN3O2S/c1-18(27(33)31-22-10-6-9-21(29)15-22)35-28-25(17-30)24(19-7-4-3-5-8-19)16-26(32-28)20-11-13-23(34-2)14-12-20/h3-16,18H,1-2H3,(H,31,33)/t18-/m0/s1. The fraction of sp³-hybridized carbons (Fsp3) is 0.107. The highest BCUT2D eigenvalue weighted by atomic mass is 35.5. The highest BCUT2D eigenvalue weighted by Gasteiger charge is 2.21. The molecule has 5 nitrogen and oxygen atoms in total. The molecule has 1 aromatic heterocycles.